The SMILES string of the molecule is CCN1CCC(COc2ccc3oc(=O)c4c(c3c2)CCC4)C1. The number of nitrogens with zero attached hydrogens (tertiary/aromatic N) is 1. The lowest BCUT2D eigenvalue weighted by Gasteiger charge is -2.14. The van der Waals surface area contributed by atoms with Gasteiger partial charge in [0.2, 0.25) is 0 Å². The molecular weight excluding hydrogens is 290 g/mol. The fraction of sp³-hybridized carbons (Fsp3) is 0.526. The van der Waals surface area contributed by atoms with Crippen LogP contribution < -0.4 is 10.4 Å². The molecular formula is C19H23NO3. The van der Waals surface area contributed by atoms with Crippen molar-refractivity contribution in [3.63, 3.8) is 0 Å². The summed E-state index contributed by atoms with van der Waals surface area (Å²) in [7, 11) is 0. The van der Waals surface area contributed by atoms with Gasteiger partial charge in [-0.3, -0.25) is 0 Å². The van der Waals surface area contributed by atoms with E-state index in [2.05, 4.69) is 17.9 Å². The van der Waals surface area contributed by atoms with Crippen molar-refractivity contribution in [2.75, 3.05) is 26.2 Å². The number of aryl methyl sites for hydroxylation is 1. The van der Waals surface area contributed by atoms with Gasteiger partial charge >= 0.3 is 5.63 Å². The summed E-state index contributed by atoms with van der Waals surface area (Å²) in [6, 6.07) is 5.84. The molecule has 0 radical (unpaired) electrons. The second-order valence-electron chi connectivity index (χ2n) is 6.72. The first-order chi connectivity index (χ1) is 11.2. The van der Waals surface area contributed by atoms with Gasteiger partial charge in [-0.1, -0.05) is 6.92 Å². The highest BCUT2D eigenvalue weighted by atomic mass is 16.5. The fourth-order valence-corrected chi connectivity index (χ4v) is 3.90. The average molecular weight is 313 g/mol. The standard InChI is InChI=1S/C19H23NO3/c1-2-20-9-8-13(11-20)12-22-14-6-7-18-17(10-14)15-4-3-5-16(15)19(21)23-18/h6-7,10,13H,2-5,8-9,11-12H2,1H3. The predicted octanol–water partition coefficient (Wildman–Crippen LogP) is 3.00. The minimum absolute atomic E-state index is 0.163. The molecule has 1 aliphatic heterocycles. The molecule has 0 saturated carbocycles. The summed E-state index contributed by atoms with van der Waals surface area (Å²) in [5.41, 5.74) is 2.55. The number of likely N-dealkylation sites (tertiary alicyclic amines) is 1. The molecule has 0 amide bonds. The normalized spacial score (nSPS) is 21.0. The minimum atomic E-state index is -0.163. The predicted molar refractivity (Wildman–Crippen MR) is 90.2 cm³/mol. The quantitative estimate of drug-likeness (QED) is 0.814. The summed E-state index contributed by atoms with van der Waals surface area (Å²) in [6.07, 6.45) is 4.06. The zero-order valence-electron chi connectivity index (χ0n) is 13.6. The van der Waals surface area contributed by atoms with Crippen LogP contribution in [0, 0.1) is 5.92 Å². The van der Waals surface area contributed by atoms with Crippen molar-refractivity contribution in [2.24, 2.45) is 5.92 Å². The van der Waals surface area contributed by atoms with E-state index < -0.39 is 0 Å². The third kappa shape index (κ3) is 2.76. The third-order valence-electron chi connectivity index (χ3n) is 5.25. The molecule has 1 saturated heterocycles. The van der Waals surface area contributed by atoms with Crippen molar-refractivity contribution in [1.82, 2.24) is 4.90 Å². The van der Waals surface area contributed by atoms with Gasteiger partial charge in [-0.2, -0.15) is 0 Å². The summed E-state index contributed by atoms with van der Waals surface area (Å²) in [4.78, 5) is 14.4. The van der Waals surface area contributed by atoms with Gasteiger partial charge in [0, 0.05) is 23.4 Å². The molecule has 4 rings (SSSR count). The Morgan fingerprint density at radius 1 is 1.30 bits per heavy atom. The van der Waals surface area contributed by atoms with Crippen molar-refractivity contribution < 1.29 is 9.15 Å². The van der Waals surface area contributed by atoms with Gasteiger partial charge in [-0.15, -0.1) is 0 Å². The molecule has 2 aromatic rings. The number of ether oxygens (including phenoxy) is 1. The Bertz CT molecular complexity index is 780. The van der Waals surface area contributed by atoms with E-state index in [4.69, 9.17) is 9.15 Å². The zero-order chi connectivity index (χ0) is 15.8. The first-order valence-electron chi connectivity index (χ1n) is 8.68. The zero-order valence-corrected chi connectivity index (χ0v) is 13.6. The lowest BCUT2D eigenvalue weighted by Crippen LogP contribution is -2.21. The van der Waals surface area contributed by atoms with Gasteiger partial charge in [-0.25, -0.2) is 4.79 Å². The molecule has 1 aromatic heterocycles. The van der Waals surface area contributed by atoms with E-state index in [0.717, 1.165) is 55.7 Å². The topological polar surface area (TPSA) is 42.7 Å². The van der Waals surface area contributed by atoms with Crippen LogP contribution in [0.3, 0.4) is 0 Å². The molecule has 23 heavy (non-hydrogen) atoms. The summed E-state index contributed by atoms with van der Waals surface area (Å²) in [5.74, 6) is 1.50. The smallest absolute Gasteiger partial charge is 0.339 e. The second-order valence-corrected chi connectivity index (χ2v) is 6.72. The van der Waals surface area contributed by atoms with Crippen LogP contribution in [-0.2, 0) is 12.8 Å². The maximum absolute atomic E-state index is 12.0. The van der Waals surface area contributed by atoms with Crippen molar-refractivity contribution in [3.05, 3.63) is 39.7 Å². The molecule has 1 unspecified atom stereocenters. The van der Waals surface area contributed by atoms with Crippen LogP contribution in [0.5, 0.6) is 5.75 Å². The van der Waals surface area contributed by atoms with E-state index >= 15 is 0 Å². The van der Waals surface area contributed by atoms with Crippen molar-refractivity contribution in [3.8, 4) is 5.75 Å². The Morgan fingerprint density at radius 2 is 2.17 bits per heavy atom. The van der Waals surface area contributed by atoms with Crippen LogP contribution in [0.1, 0.15) is 30.9 Å². The van der Waals surface area contributed by atoms with Gasteiger partial charge in [0.25, 0.3) is 0 Å². The third-order valence-corrected chi connectivity index (χ3v) is 5.25. The van der Waals surface area contributed by atoms with Crippen LogP contribution in [0.25, 0.3) is 11.0 Å². The Morgan fingerprint density at radius 3 is 3.00 bits per heavy atom. The van der Waals surface area contributed by atoms with E-state index in [1.165, 1.54) is 18.5 Å². The minimum Gasteiger partial charge on any atom is -0.493 e. The number of rotatable bonds is 4. The van der Waals surface area contributed by atoms with Crippen LogP contribution in [0.4, 0.5) is 0 Å². The van der Waals surface area contributed by atoms with E-state index in [1.54, 1.807) is 0 Å². The van der Waals surface area contributed by atoms with E-state index in [-0.39, 0.29) is 5.63 Å². The van der Waals surface area contributed by atoms with E-state index in [9.17, 15) is 4.79 Å². The Balaban J connectivity index is 1.55. The van der Waals surface area contributed by atoms with Crippen molar-refractivity contribution in [2.45, 2.75) is 32.6 Å². The molecule has 1 atom stereocenters. The van der Waals surface area contributed by atoms with Crippen LogP contribution >= 0.6 is 0 Å². The summed E-state index contributed by atoms with van der Waals surface area (Å²) >= 11 is 0. The lowest BCUT2D eigenvalue weighted by molar-refractivity contribution is 0.243. The number of hydrogen-bond acceptors (Lipinski definition) is 4. The molecule has 0 N–H and O–H groups in total. The Kier molecular flexibility index (Phi) is 3.85. The van der Waals surface area contributed by atoms with Gasteiger partial charge in [-0.05, 0) is 62.5 Å². The number of benzene rings is 1. The second kappa shape index (κ2) is 6.00. The van der Waals surface area contributed by atoms with E-state index in [1.807, 2.05) is 12.1 Å². The highest BCUT2D eigenvalue weighted by Gasteiger charge is 2.22. The molecule has 0 spiro atoms. The first kappa shape index (κ1) is 14.8. The molecule has 0 bridgehead atoms. The molecule has 4 nitrogen and oxygen atoms in total. The highest BCUT2D eigenvalue weighted by molar-refractivity contribution is 5.83. The average Bonchev–Trinajstić information content (AvgIpc) is 3.23. The molecule has 1 fully saturated rings. The van der Waals surface area contributed by atoms with Crippen LogP contribution in [0.15, 0.2) is 27.4 Å². The molecule has 4 heteroatoms. The highest BCUT2D eigenvalue weighted by Crippen LogP contribution is 2.30. The Labute approximate surface area is 136 Å². The molecule has 1 aliphatic carbocycles. The van der Waals surface area contributed by atoms with Crippen molar-refractivity contribution in [1.29, 1.82) is 0 Å². The summed E-state index contributed by atoms with van der Waals surface area (Å²) in [6.45, 7) is 6.41. The number of hydrogen-bond donors (Lipinski definition) is 0. The number of fused-ring (bicyclic) bond motifs is 3. The Hall–Kier alpha value is -1.81. The maximum Gasteiger partial charge on any atom is 0.339 e. The summed E-state index contributed by atoms with van der Waals surface area (Å²) in [5, 5.41) is 1.05. The van der Waals surface area contributed by atoms with E-state index in [0.29, 0.717) is 11.5 Å². The monoisotopic (exact) mass is 313 g/mol. The van der Waals surface area contributed by atoms with Gasteiger partial charge in [0.15, 0.2) is 0 Å². The van der Waals surface area contributed by atoms with Gasteiger partial charge in [0.05, 0.1) is 6.61 Å². The van der Waals surface area contributed by atoms with Crippen LogP contribution in [0.2, 0.25) is 0 Å². The van der Waals surface area contributed by atoms with Crippen molar-refractivity contribution >= 4 is 11.0 Å². The maximum atomic E-state index is 12.0. The first-order valence-corrected chi connectivity index (χ1v) is 8.68. The summed E-state index contributed by atoms with van der Waals surface area (Å²) < 4.78 is 11.5. The molecule has 2 aliphatic rings. The molecule has 1 aromatic carbocycles. The molecule has 2 heterocycles. The molecule has 122 valence electrons. The largest absolute Gasteiger partial charge is 0.493 e. The van der Waals surface area contributed by atoms with Gasteiger partial charge in [0.1, 0.15) is 11.3 Å². The van der Waals surface area contributed by atoms with Gasteiger partial charge < -0.3 is 14.1 Å². The fourth-order valence-electron chi connectivity index (χ4n) is 3.90. The lowest BCUT2D eigenvalue weighted by atomic mass is 10.1. The van der Waals surface area contributed by atoms with Crippen LogP contribution in [-0.4, -0.2) is 31.1 Å².